The van der Waals surface area contributed by atoms with E-state index in [0.717, 1.165) is 12.1 Å². The summed E-state index contributed by atoms with van der Waals surface area (Å²) in [7, 11) is -4.10. The number of hydrogen-bond acceptors (Lipinski definition) is 4. The number of rotatable bonds is 5. The van der Waals surface area contributed by atoms with E-state index < -0.39 is 27.7 Å². The molecule has 0 radical (unpaired) electrons. The van der Waals surface area contributed by atoms with E-state index in [4.69, 9.17) is 12.2 Å². The molecule has 32 heavy (non-hydrogen) atoms. The number of thiocarbonyl (C=S) groups is 1. The minimum absolute atomic E-state index is 0.0114. The third-order valence-electron chi connectivity index (χ3n) is 4.13. The van der Waals surface area contributed by atoms with Crippen molar-refractivity contribution in [2.75, 3.05) is 10.6 Å². The number of hydrogen-bond donors (Lipinski definition) is 3. The Morgan fingerprint density at radius 3 is 2.06 bits per heavy atom. The third kappa shape index (κ3) is 6.05. The number of benzene rings is 3. The van der Waals surface area contributed by atoms with Crippen molar-refractivity contribution in [1.82, 2.24) is 4.72 Å². The van der Waals surface area contributed by atoms with Crippen LogP contribution in [0, 0.1) is 0 Å². The van der Waals surface area contributed by atoms with Gasteiger partial charge in [0.2, 0.25) is 0 Å². The average molecular weight is 480 g/mol. The van der Waals surface area contributed by atoms with E-state index in [-0.39, 0.29) is 21.3 Å². The summed E-state index contributed by atoms with van der Waals surface area (Å²) in [6, 6.07) is 17.7. The van der Waals surface area contributed by atoms with Gasteiger partial charge in [-0.2, -0.15) is 13.2 Å². The van der Waals surface area contributed by atoms with E-state index in [1.165, 1.54) is 48.5 Å². The fourth-order valence-electron chi connectivity index (χ4n) is 2.61. The van der Waals surface area contributed by atoms with Crippen molar-refractivity contribution in [2.24, 2.45) is 0 Å². The van der Waals surface area contributed by atoms with Gasteiger partial charge in [0, 0.05) is 16.9 Å². The van der Waals surface area contributed by atoms with E-state index >= 15 is 0 Å². The summed E-state index contributed by atoms with van der Waals surface area (Å²) in [5, 5.41) is 5.40. The number of anilines is 2. The molecule has 6 nitrogen and oxygen atoms in total. The van der Waals surface area contributed by atoms with E-state index in [0.29, 0.717) is 5.69 Å². The quantitative estimate of drug-likeness (QED) is 0.463. The fourth-order valence-corrected chi connectivity index (χ4v) is 3.82. The molecule has 11 heteroatoms. The second-order valence-corrected chi connectivity index (χ2v) is 8.57. The SMILES string of the molecule is O=C(NS(=O)(=O)c1ccc(NC(=S)Nc2cccc(C(F)(F)F)c2)cc1)c1ccccc1. The number of carbonyl (C=O) groups excluding carboxylic acids is 1. The standard InChI is InChI=1S/C21H16F3N3O3S2/c22-21(23,24)15-7-4-8-17(13-15)26-20(31)25-16-9-11-18(12-10-16)32(29,30)27-19(28)14-5-2-1-3-6-14/h1-13H,(H,27,28)(H2,25,26,31). The summed E-state index contributed by atoms with van der Waals surface area (Å²) >= 11 is 5.09. The molecule has 0 fully saturated rings. The van der Waals surface area contributed by atoms with Gasteiger partial charge >= 0.3 is 6.18 Å². The molecule has 0 aliphatic rings. The summed E-state index contributed by atoms with van der Waals surface area (Å²) in [5.41, 5.74) is -0.0965. The van der Waals surface area contributed by atoms with Gasteiger partial charge < -0.3 is 10.6 Å². The lowest BCUT2D eigenvalue weighted by Crippen LogP contribution is -2.30. The van der Waals surface area contributed by atoms with Crippen molar-refractivity contribution < 1.29 is 26.4 Å². The van der Waals surface area contributed by atoms with Crippen molar-refractivity contribution in [1.29, 1.82) is 0 Å². The zero-order valence-electron chi connectivity index (χ0n) is 16.2. The third-order valence-corrected chi connectivity index (χ3v) is 5.68. The zero-order valence-corrected chi connectivity index (χ0v) is 17.8. The van der Waals surface area contributed by atoms with Crippen molar-refractivity contribution >= 4 is 44.6 Å². The molecule has 3 aromatic rings. The highest BCUT2D eigenvalue weighted by Crippen LogP contribution is 2.30. The Hall–Kier alpha value is -3.44. The Balaban J connectivity index is 1.64. The van der Waals surface area contributed by atoms with Crippen LogP contribution < -0.4 is 15.4 Å². The number of sulfonamides is 1. The Kier molecular flexibility index (Phi) is 6.80. The average Bonchev–Trinajstić information content (AvgIpc) is 2.74. The summed E-state index contributed by atoms with van der Waals surface area (Å²) in [6.45, 7) is 0. The molecule has 0 bridgehead atoms. The molecule has 0 aliphatic heterocycles. The molecule has 0 spiro atoms. The van der Waals surface area contributed by atoms with Gasteiger partial charge in [-0.15, -0.1) is 0 Å². The summed E-state index contributed by atoms with van der Waals surface area (Å²) in [5.74, 6) is -0.765. The highest BCUT2D eigenvalue weighted by molar-refractivity contribution is 7.90. The molecule has 0 heterocycles. The molecule has 0 aliphatic carbocycles. The number of nitrogens with one attached hydrogen (secondary N) is 3. The van der Waals surface area contributed by atoms with Crippen LogP contribution >= 0.6 is 12.2 Å². The Morgan fingerprint density at radius 2 is 1.44 bits per heavy atom. The number of carbonyl (C=O) groups is 1. The normalized spacial score (nSPS) is 11.5. The molecule has 0 aromatic heterocycles. The zero-order chi connectivity index (χ0) is 23.4. The second-order valence-electron chi connectivity index (χ2n) is 6.48. The van der Waals surface area contributed by atoms with Crippen molar-refractivity contribution in [3.05, 3.63) is 90.0 Å². The Morgan fingerprint density at radius 1 is 0.812 bits per heavy atom. The van der Waals surface area contributed by atoms with Crippen LogP contribution in [0.2, 0.25) is 0 Å². The van der Waals surface area contributed by atoms with Crippen LogP contribution in [0.5, 0.6) is 0 Å². The molecule has 1 amide bonds. The first kappa shape index (κ1) is 23.2. The lowest BCUT2D eigenvalue weighted by Gasteiger charge is -2.13. The molecule has 0 saturated heterocycles. The molecule has 166 valence electrons. The minimum Gasteiger partial charge on any atom is -0.332 e. The van der Waals surface area contributed by atoms with Gasteiger partial charge in [-0.05, 0) is 66.8 Å². The lowest BCUT2D eigenvalue weighted by molar-refractivity contribution is -0.137. The second kappa shape index (κ2) is 9.37. The van der Waals surface area contributed by atoms with E-state index in [2.05, 4.69) is 10.6 Å². The van der Waals surface area contributed by atoms with E-state index in [1.54, 1.807) is 18.2 Å². The summed E-state index contributed by atoms with van der Waals surface area (Å²) in [6.07, 6.45) is -4.48. The number of alkyl halides is 3. The first-order valence-electron chi connectivity index (χ1n) is 9.02. The highest BCUT2D eigenvalue weighted by atomic mass is 32.2. The van der Waals surface area contributed by atoms with Gasteiger partial charge in [-0.3, -0.25) is 4.79 Å². The molecule has 3 rings (SSSR count). The van der Waals surface area contributed by atoms with Crippen LogP contribution in [0.15, 0.2) is 83.8 Å². The predicted octanol–water partition coefficient (Wildman–Crippen LogP) is 4.63. The van der Waals surface area contributed by atoms with Crippen LogP contribution in [0.3, 0.4) is 0 Å². The smallest absolute Gasteiger partial charge is 0.332 e. The molecular weight excluding hydrogens is 463 g/mol. The minimum atomic E-state index is -4.48. The summed E-state index contributed by atoms with van der Waals surface area (Å²) in [4.78, 5) is 12.0. The molecule has 3 aromatic carbocycles. The molecular formula is C21H16F3N3O3S2. The molecule has 3 N–H and O–H groups in total. The van der Waals surface area contributed by atoms with Gasteiger partial charge in [-0.25, -0.2) is 13.1 Å². The highest BCUT2D eigenvalue weighted by Gasteiger charge is 2.30. The number of amides is 1. The van der Waals surface area contributed by atoms with Gasteiger partial charge in [-0.1, -0.05) is 24.3 Å². The maximum Gasteiger partial charge on any atom is 0.416 e. The molecule has 0 atom stereocenters. The van der Waals surface area contributed by atoms with Crippen molar-refractivity contribution in [3.8, 4) is 0 Å². The van der Waals surface area contributed by atoms with Crippen LogP contribution in [-0.4, -0.2) is 19.4 Å². The van der Waals surface area contributed by atoms with Crippen LogP contribution in [-0.2, 0) is 16.2 Å². The first-order valence-corrected chi connectivity index (χ1v) is 10.9. The topological polar surface area (TPSA) is 87.3 Å². The van der Waals surface area contributed by atoms with Crippen LogP contribution in [0.25, 0.3) is 0 Å². The largest absolute Gasteiger partial charge is 0.416 e. The van der Waals surface area contributed by atoms with Gasteiger partial charge in [0.05, 0.1) is 10.5 Å². The van der Waals surface area contributed by atoms with Crippen molar-refractivity contribution in [3.63, 3.8) is 0 Å². The number of halogens is 3. The maximum atomic E-state index is 12.8. The van der Waals surface area contributed by atoms with Crippen LogP contribution in [0.4, 0.5) is 24.5 Å². The summed E-state index contributed by atoms with van der Waals surface area (Å²) < 4.78 is 65.3. The van der Waals surface area contributed by atoms with Gasteiger partial charge in [0.15, 0.2) is 5.11 Å². The Labute approximate surface area is 187 Å². The van der Waals surface area contributed by atoms with Crippen molar-refractivity contribution in [2.45, 2.75) is 11.1 Å². The lowest BCUT2D eigenvalue weighted by atomic mass is 10.2. The maximum absolute atomic E-state index is 12.8. The predicted molar refractivity (Wildman–Crippen MR) is 119 cm³/mol. The first-order chi connectivity index (χ1) is 15.0. The monoisotopic (exact) mass is 479 g/mol. The van der Waals surface area contributed by atoms with E-state index in [1.807, 2.05) is 4.72 Å². The van der Waals surface area contributed by atoms with Crippen LogP contribution in [0.1, 0.15) is 15.9 Å². The Bertz CT molecular complexity index is 1230. The van der Waals surface area contributed by atoms with Gasteiger partial charge in [0.25, 0.3) is 15.9 Å². The fraction of sp³-hybridized carbons (Fsp3) is 0.0476. The molecule has 0 saturated carbocycles. The molecule has 0 unspecified atom stereocenters. The van der Waals surface area contributed by atoms with Gasteiger partial charge in [0.1, 0.15) is 0 Å². The van der Waals surface area contributed by atoms with E-state index in [9.17, 15) is 26.4 Å².